The summed E-state index contributed by atoms with van der Waals surface area (Å²) in [5.41, 5.74) is -0.919. The van der Waals surface area contributed by atoms with E-state index in [-0.39, 0.29) is 11.8 Å². The minimum Gasteiger partial charge on any atom is -0.465 e. The minimum absolute atomic E-state index is 0.0392. The Morgan fingerprint density at radius 2 is 1.89 bits per heavy atom. The summed E-state index contributed by atoms with van der Waals surface area (Å²) < 4.78 is 7.01. The number of alkyl halides is 1. The van der Waals surface area contributed by atoms with E-state index in [2.05, 4.69) is 36.4 Å². The number of esters is 1. The molecule has 0 aromatic heterocycles. The van der Waals surface area contributed by atoms with Crippen LogP contribution >= 0.6 is 22.6 Å². The molecule has 5 heteroatoms. The van der Waals surface area contributed by atoms with E-state index in [0.29, 0.717) is 25.6 Å². The third-order valence-corrected chi connectivity index (χ3v) is 5.74. The lowest BCUT2D eigenvalue weighted by Crippen LogP contribution is -2.54. The molecule has 0 aromatic rings. The van der Waals surface area contributed by atoms with E-state index >= 15 is 0 Å². The van der Waals surface area contributed by atoms with Gasteiger partial charge in [0, 0.05) is 6.42 Å². The molecule has 0 amide bonds. The number of rotatable bonds is 6. The van der Waals surface area contributed by atoms with Crippen LogP contribution in [0.2, 0.25) is 0 Å². The van der Waals surface area contributed by atoms with E-state index < -0.39 is 5.41 Å². The summed E-state index contributed by atoms with van der Waals surface area (Å²) in [5.74, 6) is -0.359. The number of halogens is 1. The van der Waals surface area contributed by atoms with Gasteiger partial charge in [-0.2, -0.15) is 0 Å². The summed E-state index contributed by atoms with van der Waals surface area (Å²) in [6, 6.07) is 0.365. The number of hydrogen-bond acceptors (Lipinski definition) is 3. The molecule has 2 unspecified atom stereocenters. The zero-order valence-corrected chi connectivity index (χ0v) is 14.5. The van der Waals surface area contributed by atoms with Crippen molar-refractivity contribution in [3.8, 4) is 0 Å². The topological polar surface area (TPSA) is 43.4 Å². The molecule has 110 valence electrons. The van der Waals surface area contributed by atoms with Crippen LogP contribution in [-0.4, -0.2) is 52.9 Å². The van der Waals surface area contributed by atoms with Crippen LogP contribution in [0, 0.1) is 5.41 Å². The van der Waals surface area contributed by atoms with Crippen LogP contribution in [0.25, 0.3) is 0 Å². The fraction of sp³-hybridized carbons (Fsp3) is 0.857. The number of quaternary nitrogens is 1. The number of carbonyl (C=O) groups is 2. The maximum absolute atomic E-state index is 12.3. The summed E-state index contributed by atoms with van der Waals surface area (Å²) in [5, 5.41) is 0. The van der Waals surface area contributed by atoms with Gasteiger partial charge >= 0.3 is 5.97 Å². The van der Waals surface area contributed by atoms with Crippen LogP contribution < -0.4 is 0 Å². The molecule has 0 saturated carbocycles. The first-order valence-electron chi connectivity index (χ1n) is 7.02. The maximum Gasteiger partial charge on any atom is 0.325 e. The molecule has 1 rings (SSSR count). The Kier molecular flexibility index (Phi) is 5.79. The molecule has 1 aliphatic rings. The Labute approximate surface area is 129 Å². The van der Waals surface area contributed by atoms with Gasteiger partial charge in [-0.25, -0.2) is 0 Å². The molecule has 2 atom stereocenters. The normalized spacial score (nSPS) is 29.2. The van der Waals surface area contributed by atoms with Gasteiger partial charge < -0.3 is 9.22 Å². The highest BCUT2D eigenvalue weighted by Crippen LogP contribution is 2.42. The second kappa shape index (κ2) is 6.52. The minimum atomic E-state index is -0.919. The first-order chi connectivity index (χ1) is 8.92. The summed E-state index contributed by atoms with van der Waals surface area (Å²) in [4.78, 5) is 24.5. The van der Waals surface area contributed by atoms with Gasteiger partial charge in [-0.3, -0.25) is 9.59 Å². The lowest BCUT2D eigenvalue weighted by atomic mass is 9.82. The smallest absolute Gasteiger partial charge is 0.325 e. The van der Waals surface area contributed by atoms with E-state index in [1.165, 1.54) is 6.92 Å². The summed E-state index contributed by atoms with van der Waals surface area (Å²) in [6.07, 6.45) is 0.631. The van der Waals surface area contributed by atoms with Crippen LogP contribution in [0.4, 0.5) is 0 Å². The molecule has 4 nitrogen and oxygen atoms in total. The zero-order valence-electron chi connectivity index (χ0n) is 12.4. The van der Waals surface area contributed by atoms with Crippen molar-refractivity contribution in [1.82, 2.24) is 0 Å². The average molecular weight is 382 g/mol. The maximum atomic E-state index is 12.3. The van der Waals surface area contributed by atoms with Gasteiger partial charge in [-0.1, -0.05) is 22.6 Å². The molecule has 0 radical (unpaired) electrons. The van der Waals surface area contributed by atoms with Gasteiger partial charge in [0.1, 0.15) is 6.54 Å². The van der Waals surface area contributed by atoms with Crippen molar-refractivity contribution in [2.24, 2.45) is 5.41 Å². The number of nitrogens with zero attached hydrogens (tertiary/aromatic N) is 1. The van der Waals surface area contributed by atoms with Crippen LogP contribution in [-0.2, 0) is 14.3 Å². The molecular formula is C14H25INO3+. The molecular weight excluding hydrogens is 357 g/mol. The third-order valence-electron chi connectivity index (χ3n) is 4.72. The van der Waals surface area contributed by atoms with E-state index in [1.54, 1.807) is 6.92 Å². The monoisotopic (exact) mass is 382 g/mol. The van der Waals surface area contributed by atoms with E-state index in [4.69, 9.17) is 4.74 Å². The third kappa shape index (κ3) is 2.82. The van der Waals surface area contributed by atoms with Gasteiger partial charge in [-0.05, 0) is 27.7 Å². The largest absolute Gasteiger partial charge is 0.465 e. The number of hydrogen-bond donors (Lipinski definition) is 0. The Morgan fingerprint density at radius 1 is 1.32 bits per heavy atom. The first-order valence-corrected chi connectivity index (χ1v) is 8.55. The first kappa shape index (κ1) is 16.9. The predicted octanol–water partition coefficient (Wildman–Crippen LogP) is 2.19. The summed E-state index contributed by atoms with van der Waals surface area (Å²) >= 11 is 2.37. The highest BCUT2D eigenvalue weighted by molar-refractivity contribution is 14.1. The van der Waals surface area contributed by atoms with Crippen LogP contribution in [0.3, 0.4) is 0 Å². The number of likely N-dealkylation sites (tertiary alicyclic amines) is 1. The van der Waals surface area contributed by atoms with Crippen molar-refractivity contribution in [2.75, 3.05) is 30.7 Å². The zero-order chi connectivity index (χ0) is 14.7. The van der Waals surface area contributed by atoms with Gasteiger partial charge in [0.15, 0.2) is 11.2 Å². The molecule has 0 bridgehead atoms. The van der Waals surface area contributed by atoms with Crippen molar-refractivity contribution >= 4 is 34.3 Å². The molecule has 0 spiro atoms. The van der Waals surface area contributed by atoms with Crippen molar-refractivity contribution < 1.29 is 18.8 Å². The SMILES string of the molecule is CCOC(=O)C1(C(C)=O)CC(CI)[N+](CC)(CC)C1. The fourth-order valence-corrected chi connectivity index (χ4v) is 4.45. The number of ether oxygens (including phenoxy) is 1. The second-order valence-electron chi connectivity index (χ2n) is 5.38. The number of Topliss-reactive ketones (excluding diaryl/α,β-unsaturated/α-hetero) is 1. The Bertz CT molecular complexity index is 355. The van der Waals surface area contributed by atoms with Crippen LogP contribution in [0.1, 0.15) is 34.1 Å². The van der Waals surface area contributed by atoms with Gasteiger partial charge in [0.25, 0.3) is 0 Å². The number of ketones is 1. The molecule has 1 aliphatic heterocycles. The average Bonchev–Trinajstić information content (AvgIpc) is 2.75. The lowest BCUT2D eigenvalue weighted by Gasteiger charge is -2.38. The highest BCUT2D eigenvalue weighted by Gasteiger charge is 2.61. The Balaban J connectivity index is 3.17. The van der Waals surface area contributed by atoms with Crippen LogP contribution in [0.15, 0.2) is 0 Å². The molecule has 1 heterocycles. The summed E-state index contributed by atoms with van der Waals surface area (Å²) in [7, 11) is 0. The van der Waals surface area contributed by atoms with Crippen molar-refractivity contribution in [3.05, 3.63) is 0 Å². The van der Waals surface area contributed by atoms with E-state index in [0.717, 1.165) is 22.0 Å². The fourth-order valence-electron chi connectivity index (χ4n) is 3.31. The van der Waals surface area contributed by atoms with Gasteiger partial charge in [0.05, 0.1) is 30.2 Å². The predicted molar refractivity (Wildman–Crippen MR) is 83.2 cm³/mol. The molecule has 0 aliphatic carbocycles. The van der Waals surface area contributed by atoms with Crippen molar-refractivity contribution in [2.45, 2.75) is 40.2 Å². The Hall–Kier alpha value is -0.170. The van der Waals surface area contributed by atoms with E-state index in [9.17, 15) is 9.59 Å². The quantitative estimate of drug-likeness (QED) is 0.233. The second-order valence-corrected chi connectivity index (χ2v) is 6.26. The molecule has 1 saturated heterocycles. The Morgan fingerprint density at radius 3 is 2.21 bits per heavy atom. The van der Waals surface area contributed by atoms with Crippen LogP contribution in [0.5, 0.6) is 0 Å². The molecule has 1 fully saturated rings. The van der Waals surface area contributed by atoms with Crippen molar-refractivity contribution in [3.63, 3.8) is 0 Å². The lowest BCUT2D eigenvalue weighted by molar-refractivity contribution is -0.934. The van der Waals surface area contributed by atoms with Gasteiger partial charge in [-0.15, -0.1) is 0 Å². The molecule has 0 aromatic carbocycles. The van der Waals surface area contributed by atoms with Gasteiger partial charge in [0.2, 0.25) is 0 Å². The molecule has 0 N–H and O–H groups in total. The highest BCUT2D eigenvalue weighted by atomic mass is 127. The van der Waals surface area contributed by atoms with E-state index in [1.807, 2.05) is 0 Å². The molecule has 19 heavy (non-hydrogen) atoms. The summed E-state index contributed by atoms with van der Waals surface area (Å²) in [6.45, 7) is 10.5. The standard InChI is InChI=1S/C14H25INO3/c1-5-16(6-2)10-14(11(4)17,8-12(16)9-15)13(18)19-7-3/h12H,5-10H2,1-4H3/q+1. The van der Waals surface area contributed by atoms with Crippen molar-refractivity contribution in [1.29, 1.82) is 0 Å². The number of carbonyl (C=O) groups excluding carboxylic acids is 2.